The summed E-state index contributed by atoms with van der Waals surface area (Å²) in [4.78, 5) is 11.6. The van der Waals surface area contributed by atoms with Crippen LogP contribution >= 0.6 is 0 Å². The maximum absolute atomic E-state index is 4.67. The molecule has 1 saturated heterocycles. The summed E-state index contributed by atoms with van der Waals surface area (Å²) in [6.07, 6.45) is 5.60. The first-order valence-electron chi connectivity index (χ1n) is 6.18. The van der Waals surface area contributed by atoms with Crippen LogP contribution in [0.3, 0.4) is 0 Å². The predicted octanol–water partition coefficient (Wildman–Crippen LogP) is 0.370. The fourth-order valence-corrected chi connectivity index (χ4v) is 2.50. The lowest BCUT2D eigenvalue weighted by atomic mass is 10.2. The zero-order valence-corrected chi connectivity index (χ0v) is 9.58. The Morgan fingerprint density at radius 2 is 2.12 bits per heavy atom. The fraction of sp³-hybridized carbons (Fsp3) is 0.667. The molecule has 0 bridgehead atoms. The Morgan fingerprint density at radius 1 is 1.25 bits per heavy atom. The first kappa shape index (κ1) is 10.2. The predicted molar refractivity (Wildman–Crippen MR) is 62.2 cm³/mol. The molecule has 0 unspecified atom stereocenters. The van der Waals surface area contributed by atoms with Gasteiger partial charge in [0.05, 0.1) is 6.54 Å². The lowest BCUT2D eigenvalue weighted by molar-refractivity contribution is 0.228. The normalized spacial score (nSPS) is 21.0. The van der Waals surface area contributed by atoms with Crippen molar-refractivity contribution in [2.75, 3.05) is 26.2 Å². The van der Waals surface area contributed by atoms with Gasteiger partial charge in [-0.1, -0.05) is 0 Å². The van der Waals surface area contributed by atoms with E-state index in [1.807, 2.05) is 6.20 Å². The van der Waals surface area contributed by atoms with Gasteiger partial charge in [-0.3, -0.25) is 4.90 Å². The number of aromatic nitrogens is 2. The maximum atomic E-state index is 4.67. The number of nitrogens with zero attached hydrogens (tertiary/aromatic N) is 3. The van der Waals surface area contributed by atoms with Crippen LogP contribution in [0.2, 0.25) is 0 Å². The van der Waals surface area contributed by atoms with E-state index >= 15 is 0 Å². The average Bonchev–Trinajstić information content (AvgIpc) is 2.77. The molecule has 1 fully saturated rings. The molecule has 16 heavy (non-hydrogen) atoms. The van der Waals surface area contributed by atoms with Gasteiger partial charge < -0.3 is 5.32 Å². The smallest absolute Gasteiger partial charge is 0.142 e. The molecule has 2 aliphatic rings. The maximum Gasteiger partial charge on any atom is 0.142 e. The van der Waals surface area contributed by atoms with Crippen LogP contribution in [0.1, 0.15) is 23.5 Å². The molecule has 0 amide bonds. The van der Waals surface area contributed by atoms with Crippen molar-refractivity contribution in [1.29, 1.82) is 0 Å². The van der Waals surface area contributed by atoms with Crippen LogP contribution in [-0.2, 0) is 19.4 Å². The third kappa shape index (κ3) is 2.08. The molecule has 1 N–H and O–H groups in total. The quantitative estimate of drug-likeness (QED) is 0.778. The molecule has 4 heteroatoms. The molecular weight excluding hydrogens is 200 g/mol. The second-order valence-corrected chi connectivity index (χ2v) is 4.64. The van der Waals surface area contributed by atoms with E-state index in [1.54, 1.807) is 0 Å². The summed E-state index contributed by atoms with van der Waals surface area (Å²) in [6, 6.07) is 0. The lowest BCUT2D eigenvalue weighted by Crippen LogP contribution is -2.43. The average molecular weight is 218 g/mol. The van der Waals surface area contributed by atoms with Gasteiger partial charge in [0.15, 0.2) is 0 Å². The van der Waals surface area contributed by atoms with Crippen molar-refractivity contribution in [1.82, 2.24) is 20.2 Å². The molecule has 1 aliphatic carbocycles. The van der Waals surface area contributed by atoms with E-state index in [-0.39, 0.29) is 0 Å². The first-order valence-corrected chi connectivity index (χ1v) is 6.18. The molecule has 1 aliphatic heterocycles. The summed E-state index contributed by atoms with van der Waals surface area (Å²) in [7, 11) is 0. The molecule has 0 aromatic carbocycles. The van der Waals surface area contributed by atoms with Gasteiger partial charge in [0, 0.05) is 38.1 Å². The topological polar surface area (TPSA) is 41.1 Å². The molecule has 2 heterocycles. The van der Waals surface area contributed by atoms with Crippen LogP contribution in [0, 0.1) is 0 Å². The molecule has 0 atom stereocenters. The highest BCUT2D eigenvalue weighted by molar-refractivity contribution is 5.22. The minimum Gasteiger partial charge on any atom is -0.314 e. The largest absolute Gasteiger partial charge is 0.314 e. The van der Waals surface area contributed by atoms with Crippen molar-refractivity contribution in [3.63, 3.8) is 0 Å². The first-order chi connectivity index (χ1) is 7.92. The molecular formula is C12H18N4. The Morgan fingerprint density at radius 3 is 3.00 bits per heavy atom. The Balaban J connectivity index is 1.69. The molecule has 0 spiro atoms. The minimum absolute atomic E-state index is 0.912. The van der Waals surface area contributed by atoms with Gasteiger partial charge in [-0.2, -0.15) is 0 Å². The van der Waals surface area contributed by atoms with Crippen LogP contribution in [0.4, 0.5) is 0 Å². The third-order valence-electron chi connectivity index (χ3n) is 3.44. The Hall–Kier alpha value is -1.00. The SMILES string of the molecule is c1nc(CN2CCNCC2)nc2c1CCC2. The van der Waals surface area contributed by atoms with E-state index < -0.39 is 0 Å². The van der Waals surface area contributed by atoms with E-state index in [0.717, 1.165) is 45.0 Å². The summed E-state index contributed by atoms with van der Waals surface area (Å²) in [5.41, 5.74) is 2.66. The molecule has 0 saturated carbocycles. The van der Waals surface area contributed by atoms with Crippen LogP contribution in [0.5, 0.6) is 0 Å². The van der Waals surface area contributed by atoms with Crippen LogP contribution in [0.25, 0.3) is 0 Å². The Labute approximate surface area is 96.1 Å². The zero-order chi connectivity index (χ0) is 10.8. The summed E-state index contributed by atoms with van der Waals surface area (Å²) >= 11 is 0. The van der Waals surface area contributed by atoms with Crippen LogP contribution in [-0.4, -0.2) is 41.0 Å². The summed E-state index contributed by atoms with van der Waals surface area (Å²) in [6.45, 7) is 5.31. The van der Waals surface area contributed by atoms with Gasteiger partial charge in [-0.05, 0) is 24.8 Å². The second kappa shape index (κ2) is 4.47. The van der Waals surface area contributed by atoms with E-state index in [2.05, 4.69) is 20.2 Å². The molecule has 0 radical (unpaired) electrons. The molecule has 1 aromatic heterocycles. The summed E-state index contributed by atoms with van der Waals surface area (Å²) in [5.74, 6) is 1.00. The van der Waals surface area contributed by atoms with Crippen molar-refractivity contribution in [3.05, 3.63) is 23.3 Å². The Bertz CT molecular complexity index is 371. The molecule has 3 rings (SSSR count). The third-order valence-corrected chi connectivity index (χ3v) is 3.44. The van der Waals surface area contributed by atoms with Gasteiger partial charge >= 0.3 is 0 Å². The lowest BCUT2D eigenvalue weighted by Gasteiger charge is -2.26. The van der Waals surface area contributed by atoms with E-state index in [0.29, 0.717) is 0 Å². The second-order valence-electron chi connectivity index (χ2n) is 4.64. The number of hydrogen-bond donors (Lipinski definition) is 1. The number of fused-ring (bicyclic) bond motifs is 1. The number of rotatable bonds is 2. The molecule has 4 nitrogen and oxygen atoms in total. The highest BCUT2D eigenvalue weighted by atomic mass is 15.2. The molecule has 1 aromatic rings. The van der Waals surface area contributed by atoms with Gasteiger partial charge in [-0.25, -0.2) is 9.97 Å². The summed E-state index contributed by atoms with van der Waals surface area (Å²) < 4.78 is 0. The highest BCUT2D eigenvalue weighted by Gasteiger charge is 2.15. The molecule has 86 valence electrons. The van der Waals surface area contributed by atoms with Gasteiger partial charge in [0.1, 0.15) is 5.82 Å². The number of nitrogens with one attached hydrogen (secondary N) is 1. The zero-order valence-electron chi connectivity index (χ0n) is 9.58. The van der Waals surface area contributed by atoms with Crippen molar-refractivity contribution in [2.45, 2.75) is 25.8 Å². The minimum atomic E-state index is 0.912. The Kier molecular flexibility index (Phi) is 2.84. The van der Waals surface area contributed by atoms with Crippen LogP contribution < -0.4 is 5.32 Å². The van der Waals surface area contributed by atoms with E-state index in [1.165, 1.54) is 24.1 Å². The monoisotopic (exact) mass is 218 g/mol. The number of hydrogen-bond acceptors (Lipinski definition) is 4. The van der Waals surface area contributed by atoms with E-state index in [4.69, 9.17) is 0 Å². The fourth-order valence-electron chi connectivity index (χ4n) is 2.50. The van der Waals surface area contributed by atoms with Gasteiger partial charge in [-0.15, -0.1) is 0 Å². The standard InChI is InChI=1S/C12H18N4/c1-2-10-8-14-12(15-11(10)3-1)9-16-6-4-13-5-7-16/h8,13H,1-7,9H2. The number of piperazine rings is 1. The van der Waals surface area contributed by atoms with Crippen molar-refractivity contribution >= 4 is 0 Å². The van der Waals surface area contributed by atoms with Crippen molar-refractivity contribution in [2.24, 2.45) is 0 Å². The number of aryl methyl sites for hydroxylation is 2. The van der Waals surface area contributed by atoms with Crippen molar-refractivity contribution in [3.8, 4) is 0 Å². The van der Waals surface area contributed by atoms with Crippen LogP contribution in [0.15, 0.2) is 6.20 Å². The van der Waals surface area contributed by atoms with Gasteiger partial charge in [0.25, 0.3) is 0 Å². The highest BCUT2D eigenvalue weighted by Crippen LogP contribution is 2.18. The summed E-state index contributed by atoms with van der Waals surface area (Å²) in [5, 5.41) is 3.36. The van der Waals surface area contributed by atoms with Crippen molar-refractivity contribution < 1.29 is 0 Å². The van der Waals surface area contributed by atoms with Gasteiger partial charge in [0.2, 0.25) is 0 Å². The van der Waals surface area contributed by atoms with E-state index in [9.17, 15) is 0 Å².